The highest BCUT2D eigenvalue weighted by Crippen LogP contribution is 2.67. The highest BCUT2D eigenvalue weighted by atomic mass is 16.5. The minimum absolute atomic E-state index is 0.110. The third kappa shape index (κ3) is 3.38. The molecule has 4 nitrogen and oxygen atoms in total. The summed E-state index contributed by atoms with van der Waals surface area (Å²) in [5, 5.41) is 10.2. The van der Waals surface area contributed by atoms with E-state index in [1.165, 1.54) is 26.4 Å². The van der Waals surface area contributed by atoms with Crippen molar-refractivity contribution in [2.24, 2.45) is 46.3 Å². The van der Waals surface area contributed by atoms with Crippen molar-refractivity contribution < 1.29 is 19.4 Å². The lowest BCUT2D eigenvalue weighted by molar-refractivity contribution is -0.160. The first-order valence-electron chi connectivity index (χ1n) is 12.0. The quantitative estimate of drug-likeness (QED) is 0.685. The Hall–Kier alpha value is -0.900. The van der Waals surface area contributed by atoms with Crippen molar-refractivity contribution >= 4 is 11.8 Å². The number of Topliss-reactive ketones (excluding diaryl/α,β-unsaturated/α-hetero) is 1. The van der Waals surface area contributed by atoms with E-state index in [0.717, 1.165) is 32.1 Å². The summed E-state index contributed by atoms with van der Waals surface area (Å²) in [6, 6.07) is 0. The van der Waals surface area contributed by atoms with Gasteiger partial charge in [0, 0.05) is 18.8 Å². The highest BCUT2D eigenvalue weighted by molar-refractivity contribution is 5.83. The number of esters is 1. The van der Waals surface area contributed by atoms with Crippen molar-refractivity contribution in [3.05, 3.63) is 0 Å². The fourth-order valence-electron chi connectivity index (χ4n) is 8.53. The van der Waals surface area contributed by atoms with Gasteiger partial charge < -0.3 is 9.84 Å². The number of hydrogen-bond donors (Lipinski definition) is 1. The Labute approximate surface area is 176 Å². The Bertz CT molecular complexity index is 659. The predicted molar refractivity (Wildman–Crippen MR) is 112 cm³/mol. The van der Waals surface area contributed by atoms with E-state index in [9.17, 15) is 14.7 Å². The first kappa shape index (κ1) is 21.3. The zero-order valence-corrected chi connectivity index (χ0v) is 18.8. The van der Waals surface area contributed by atoms with Gasteiger partial charge in [-0.3, -0.25) is 9.59 Å². The van der Waals surface area contributed by atoms with Crippen molar-refractivity contribution in [2.75, 3.05) is 7.11 Å². The van der Waals surface area contributed by atoms with Crippen LogP contribution in [0.1, 0.15) is 85.0 Å². The van der Waals surface area contributed by atoms with Crippen LogP contribution in [0.5, 0.6) is 0 Å². The first-order valence-corrected chi connectivity index (χ1v) is 12.0. The first-order chi connectivity index (χ1) is 13.7. The largest absolute Gasteiger partial charge is 0.469 e. The lowest BCUT2D eigenvalue weighted by Gasteiger charge is -2.60. The van der Waals surface area contributed by atoms with Crippen molar-refractivity contribution in [1.29, 1.82) is 0 Å². The second kappa shape index (κ2) is 7.66. The van der Waals surface area contributed by atoms with E-state index in [1.807, 2.05) is 0 Å². The smallest absolute Gasteiger partial charge is 0.305 e. The summed E-state index contributed by atoms with van der Waals surface area (Å²) in [5.74, 6) is 3.08. The minimum atomic E-state index is -0.210. The van der Waals surface area contributed by atoms with Gasteiger partial charge in [-0.05, 0) is 91.8 Å². The van der Waals surface area contributed by atoms with E-state index in [2.05, 4.69) is 20.8 Å². The molecule has 0 heterocycles. The maximum absolute atomic E-state index is 13.4. The van der Waals surface area contributed by atoms with Crippen LogP contribution in [-0.4, -0.2) is 30.1 Å². The van der Waals surface area contributed by atoms with Crippen LogP contribution in [0.2, 0.25) is 0 Å². The summed E-state index contributed by atoms with van der Waals surface area (Å²) < 4.78 is 4.85. The van der Waals surface area contributed by atoms with Gasteiger partial charge in [0.2, 0.25) is 0 Å². The maximum Gasteiger partial charge on any atom is 0.305 e. The van der Waals surface area contributed by atoms with Crippen molar-refractivity contribution in [2.45, 2.75) is 91.1 Å². The molecule has 164 valence electrons. The van der Waals surface area contributed by atoms with Crippen LogP contribution in [0.15, 0.2) is 0 Å². The number of carbonyl (C=O) groups excluding carboxylic acids is 2. The van der Waals surface area contributed by atoms with E-state index < -0.39 is 0 Å². The van der Waals surface area contributed by atoms with Crippen LogP contribution in [0.3, 0.4) is 0 Å². The van der Waals surface area contributed by atoms with E-state index in [1.54, 1.807) is 0 Å². The molecule has 9 atom stereocenters. The fourth-order valence-corrected chi connectivity index (χ4v) is 8.53. The third-order valence-electron chi connectivity index (χ3n) is 10.2. The average Bonchev–Trinajstić information content (AvgIpc) is 3.04. The summed E-state index contributed by atoms with van der Waals surface area (Å²) in [6.45, 7) is 7.18. The van der Waals surface area contributed by atoms with Gasteiger partial charge in [-0.15, -0.1) is 0 Å². The summed E-state index contributed by atoms with van der Waals surface area (Å²) >= 11 is 0. The molecule has 0 spiro atoms. The second-order valence-electron chi connectivity index (χ2n) is 11.4. The molecule has 5 unspecified atom stereocenters. The van der Waals surface area contributed by atoms with Gasteiger partial charge in [-0.25, -0.2) is 0 Å². The number of ether oxygens (including phenoxy) is 1. The number of aliphatic hydroxyl groups is 1. The van der Waals surface area contributed by atoms with Gasteiger partial charge in [0.15, 0.2) is 0 Å². The lowest BCUT2D eigenvalue weighted by Crippen LogP contribution is -2.57. The van der Waals surface area contributed by atoms with E-state index in [-0.39, 0.29) is 28.8 Å². The number of methoxy groups -OCH3 is 1. The van der Waals surface area contributed by atoms with Gasteiger partial charge >= 0.3 is 5.97 Å². The van der Waals surface area contributed by atoms with Gasteiger partial charge in [0.1, 0.15) is 5.78 Å². The van der Waals surface area contributed by atoms with Crippen LogP contribution >= 0.6 is 0 Å². The third-order valence-corrected chi connectivity index (χ3v) is 10.2. The number of rotatable bonds is 4. The summed E-state index contributed by atoms with van der Waals surface area (Å²) in [5.41, 5.74) is 0.456. The Morgan fingerprint density at radius 3 is 2.55 bits per heavy atom. The molecule has 0 aromatic carbocycles. The molecule has 4 fully saturated rings. The van der Waals surface area contributed by atoms with Crippen LogP contribution in [0, 0.1) is 46.3 Å². The number of carbonyl (C=O) groups is 2. The molecular formula is C25H40O4. The Morgan fingerprint density at radius 1 is 1.14 bits per heavy atom. The number of hydrogen-bond acceptors (Lipinski definition) is 4. The number of aliphatic hydroxyl groups excluding tert-OH is 1. The molecule has 1 N–H and O–H groups in total. The zero-order chi connectivity index (χ0) is 21.0. The Kier molecular flexibility index (Phi) is 5.63. The SMILES string of the molecule is COC(=O)CC[C@@H](C)C1CCC2C3C(=O)CC4C[C@H](O)CC[C@]4(C)C3CC[C@@]21C. The molecule has 4 saturated carbocycles. The van der Waals surface area contributed by atoms with Crippen LogP contribution < -0.4 is 0 Å². The normalized spacial score (nSPS) is 47.7. The molecule has 4 rings (SSSR count). The molecule has 0 aliphatic heterocycles. The van der Waals surface area contributed by atoms with E-state index >= 15 is 0 Å². The maximum atomic E-state index is 13.4. The highest BCUT2D eigenvalue weighted by Gasteiger charge is 2.62. The molecule has 0 bridgehead atoms. The zero-order valence-electron chi connectivity index (χ0n) is 18.8. The van der Waals surface area contributed by atoms with Gasteiger partial charge in [-0.2, -0.15) is 0 Å². The molecule has 0 aromatic rings. The summed E-state index contributed by atoms with van der Waals surface area (Å²) in [4.78, 5) is 25.0. The minimum Gasteiger partial charge on any atom is -0.469 e. The molecule has 4 heteroatoms. The molecular weight excluding hydrogens is 364 g/mol. The topological polar surface area (TPSA) is 63.6 Å². The van der Waals surface area contributed by atoms with Crippen LogP contribution in [-0.2, 0) is 14.3 Å². The van der Waals surface area contributed by atoms with Gasteiger partial charge in [-0.1, -0.05) is 20.8 Å². The molecule has 0 saturated heterocycles. The van der Waals surface area contributed by atoms with E-state index in [0.29, 0.717) is 48.2 Å². The van der Waals surface area contributed by atoms with Crippen LogP contribution in [0.25, 0.3) is 0 Å². The Balaban J connectivity index is 1.53. The van der Waals surface area contributed by atoms with Crippen molar-refractivity contribution in [3.8, 4) is 0 Å². The lowest BCUT2D eigenvalue weighted by atomic mass is 9.44. The fraction of sp³-hybridized carbons (Fsp3) is 0.920. The summed E-state index contributed by atoms with van der Waals surface area (Å²) in [6.07, 6.45) is 9.40. The molecule has 29 heavy (non-hydrogen) atoms. The second-order valence-corrected chi connectivity index (χ2v) is 11.4. The number of fused-ring (bicyclic) bond motifs is 5. The molecule has 0 radical (unpaired) electrons. The molecule has 0 aromatic heterocycles. The number of ketones is 1. The van der Waals surface area contributed by atoms with Crippen molar-refractivity contribution in [1.82, 2.24) is 0 Å². The molecule has 4 aliphatic rings. The predicted octanol–water partition coefficient (Wildman–Crippen LogP) is 4.77. The molecule has 0 amide bonds. The van der Waals surface area contributed by atoms with Gasteiger partial charge in [0.25, 0.3) is 0 Å². The Morgan fingerprint density at radius 2 is 1.83 bits per heavy atom. The van der Waals surface area contributed by atoms with Crippen molar-refractivity contribution in [3.63, 3.8) is 0 Å². The van der Waals surface area contributed by atoms with Crippen LogP contribution in [0.4, 0.5) is 0 Å². The van der Waals surface area contributed by atoms with E-state index in [4.69, 9.17) is 4.74 Å². The average molecular weight is 405 g/mol. The molecule has 4 aliphatic carbocycles. The standard InChI is InChI=1S/C25H40O4/c1-15(5-8-22(28)29-4)18-6-7-19-23-20(10-12-25(18,19)3)24(2)11-9-17(26)13-16(24)14-21(23)27/h15-20,23,26H,5-14H2,1-4H3/t15-,16?,17-,18?,19?,20?,23?,24+,25-/m1/s1. The van der Waals surface area contributed by atoms with Gasteiger partial charge in [0.05, 0.1) is 13.2 Å². The summed E-state index contributed by atoms with van der Waals surface area (Å²) in [7, 11) is 1.47. The monoisotopic (exact) mass is 404 g/mol.